The highest BCUT2D eigenvalue weighted by atomic mass is 19.1. The normalized spacial score (nSPS) is 12.7. The maximum atomic E-state index is 13.5. The van der Waals surface area contributed by atoms with Gasteiger partial charge in [-0.1, -0.05) is 13.8 Å². The Hall–Kier alpha value is -2.41. The molecule has 0 fully saturated rings. The van der Waals surface area contributed by atoms with Gasteiger partial charge < -0.3 is 15.7 Å². The summed E-state index contributed by atoms with van der Waals surface area (Å²) in [6.07, 6.45) is 3.43. The molecule has 0 aliphatic rings. The van der Waals surface area contributed by atoms with Crippen molar-refractivity contribution in [1.29, 1.82) is 0 Å². The molecule has 130 valence electrons. The summed E-state index contributed by atoms with van der Waals surface area (Å²) in [6, 6.07) is 5.41. The van der Waals surface area contributed by atoms with Crippen molar-refractivity contribution in [2.75, 3.05) is 11.9 Å². The van der Waals surface area contributed by atoms with Crippen LogP contribution in [0.25, 0.3) is 5.69 Å². The standard InChI is InChI=1S/C17H23FN4O2/c1-12(23)10-17(2,3)11-19-16(24)21-14-9-13(18)5-6-15(14)22-8-4-7-20-22/h4-9,12,23H,10-11H2,1-3H3,(H2,19,21,24). The monoisotopic (exact) mass is 334 g/mol. The number of urea groups is 1. The van der Waals surface area contributed by atoms with Gasteiger partial charge in [-0.25, -0.2) is 13.9 Å². The van der Waals surface area contributed by atoms with Gasteiger partial charge in [-0.3, -0.25) is 0 Å². The van der Waals surface area contributed by atoms with Gasteiger partial charge in [-0.2, -0.15) is 5.10 Å². The second-order valence-electron chi connectivity index (χ2n) is 6.64. The highest BCUT2D eigenvalue weighted by Crippen LogP contribution is 2.22. The molecule has 1 unspecified atom stereocenters. The lowest BCUT2D eigenvalue weighted by atomic mass is 9.87. The third-order valence-electron chi connectivity index (χ3n) is 3.53. The Bertz CT molecular complexity index is 684. The number of carbonyl (C=O) groups is 1. The summed E-state index contributed by atoms with van der Waals surface area (Å²) in [5.74, 6) is -0.448. The molecule has 2 amide bonds. The topological polar surface area (TPSA) is 79.2 Å². The van der Waals surface area contributed by atoms with Crippen LogP contribution in [0.5, 0.6) is 0 Å². The molecular weight excluding hydrogens is 311 g/mol. The van der Waals surface area contributed by atoms with Crippen LogP contribution in [0.2, 0.25) is 0 Å². The summed E-state index contributed by atoms with van der Waals surface area (Å²) in [6.45, 7) is 6.01. The molecule has 0 aliphatic carbocycles. The largest absolute Gasteiger partial charge is 0.393 e. The minimum absolute atomic E-state index is 0.252. The third-order valence-corrected chi connectivity index (χ3v) is 3.53. The maximum Gasteiger partial charge on any atom is 0.319 e. The first-order valence-electron chi connectivity index (χ1n) is 7.79. The molecule has 0 saturated carbocycles. The quantitative estimate of drug-likeness (QED) is 0.760. The van der Waals surface area contributed by atoms with Gasteiger partial charge in [0.25, 0.3) is 0 Å². The van der Waals surface area contributed by atoms with E-state index in [-0.39, 0.29) is 5.41 Å². The first kappa shape index (κ1) is 17.9. The molecule has 1 aromatic carbocycles. The molecule has 1 atom stereocenters. The molecule has 0 saturated heterocycles. The smallest absolute Gasteiger partial charge is 0.319 e. The molecule has 7 heteroatoms. The van der Waals surface area contributed by atoms with Crippen molar-refractivity contribution in [3.63, 3.8) is 0 Å². The molecule has 24 heavy (non-hydrogen) atoms. The Labute approximate surface area is 140 Å². The van der Waals surface area contributed by atoms with Crippen LogP contribution in [0.4, 0.5) is 14.9 Å². The molecule has 0 bridgehead atoms. The number of anilines is 1. The lowest BCUT2D eigenvalue weighted by molar-refractivity contribution is 0.129. The van der Waals surface area contributed by atoms with Crippen LogP contribution in [0.3, 0.4) is 0 Å². The molecule has 1 heterocycles. The van der Waals surface area contributed by atoms with Gasteiger partial charge in [-0.05, 0) is 43.0 Å². The molecule has 0 aliphatic heterocycles. The predicted molar refractivity (Wildman–Crippen MR) is 90.6 cm³/mol. The number of hydrogen-bond donors (Lipinski definition) is 3. The first-order valence-corrected chi connectivity index (χ1v) is 7.79. The van der Waals surface area contributed by atoms with Crippen molar-refractivity contribution in [3.8, 4) is 5.69 Å². The summed E-state index contributed by atoms with van der Waals surface area (Å²) in [5.41, 5.74) is 0.641. The highest BCUT2D eigenvalue weighted by Gasteiger charge is 2.21. The van der Waals surface area contributed by atoms with Gasteiger partial charge in [0.15, 0.2) is 0 Å². The summed E-state index contributed by atoms with van der Waals surface area (Å²) in [7, 11) is 0. The van der Waals surface area contributed by atoms with Crippen LogP contribution in [-0.4, -0.2) is 33.6 Å². The van der Waals surface area contributed by atoms with Gasteiger partial charge in [0.05, 0.1) is 17.5 Å². The SMILES string of the molecule is CC(O)CC(C)(C)CNC(=O)Nc1cc(F)ccc1-n1cccn1. The first-order chi connectivity index (χ1) is 11.3. The van der Waals surface area contributed by atoms with E-state index in [2.05, 4.69) is 15.7 Å². The lowest BCUT2D eigenvalue weighted by Crippen LogP contribution is -2.38. The van der Waals surface area contributed by atoms with Crippen molar-refractivity contribution >= 4 is 11.7 Å². The van der Waals surface area contributed by atoms with E-state index in [0.717, 1.165) is 0 Å². The van der Waals surface area contributed by atoms with Crippen LogP contribution in [0.15, 0.2) is 36.7 Å². The van der Waals surface area contributed by atoms with E-state index in [4.69, 9.17) is 0 Å². The summed E-state index contributed by atoms with van der Waals surface area (Å²) >= 11 is 0. The van der Waals surface area contributed by atoms with Crippen LogP contribution < -0.4 is 10.6 Å². The molecule has 1 aromatic heterocycles. The minimum atomic E-state index is -0.448. The molecule has 0 spiro atoms. The number of aliphatic hydroxyl groups is 1. The summed E-state index contributed by atoms with van der Waals surface area (Å²) in [5, 5.41) is 19.0. The average molecular weight is 334 g/mol. The highest BCUT2D eigenvalue weighted by molar-refractivity contribution is 5.91. The fraction of sp³-hybridized carbons (Fsp3) is 0.412. The molecule has 0 radical (unpaired) electrons. The van der Waals surface area contributed by atoms with Crippen molar-refractivity contribution in [2.24, 2.45) is 5.41 Å². The van der Waals surface area contributed by atoms with E-state index in [1.807, 2.05) is 13.8 Å². The third kappa shape index (κ3) is 5.06. The van der Waals surface area contributed by atoms with Crippen molar-refractivity contribution in [1.82, 2.24) is 15.1 Å². The van der Waals surface area contributed by atoms with Gasteiger partial charge in [0.1, 0.15) is 5.82 Å². The number of nitrogens with zero attached hydrogens (tertiary/aromatic N) is 2. The van der Waals surface area contributed by atoms with E-state index in [9.17, 15) is 14.3 Å². The number of aliphatic hydroxyl groups excluding tert-OH is 1. The number of benzene rings is 1. The summed E-state index contributed by atoms with van der Waals surface area (Å²) in [4.78, 5) is 12.1. The van der Waals surface area contributed by atoms with Gasteiger partial charge >= 0.3 is 6.03 Å². The number of hydrogen-bond acceptors (Lipinski definition) is 3. The lowest BCUT2D eigenvalue weighted by Gasteiger charge is -2.26. The zero-order valence-electron chi connectivity index (χ0n) is 14.1. The van der Waals surface area contributed by atoms with E-state index >= 15 is 0 Å². The van der Waals surface area contributed by atoms with E-state index in [1.165, 1.54) is 12.1 Å². The van der Waals surface area contributed by atoms with E-state index < -0.39 is 18.0 Å². The van der Waals surface area contributed by atoms with Crippen LogP contribution in [0, 0.1) is 11.2 Å². The fourth-order valence-electron chi connectivity index (χ4n) is 2.58. The fourth-order valence-corrected chi connectivity index (χ4v) is 2.58. The summed E-state index contributed by atoms with van der Waals surface area (Å²) < 4.78 is 15.1. The number of carbonyl (C=O) groups excluding carboxylic acids is 1. The second kappa shape index (κ2) is 7.44. The Morgan fingerprint density at radius 1 is 1.46 bits per heavy atom. The van der Waals surface area contributed by atoms with E-state index in [0.29, 0.717) is 24.3 Å². The number of halogens is 1. The van der Waals surface area contributed by atoms with Gasteiger partial charge in [-0.15, -0.1) is 0 Å². The van der Waals surface area contributed by atoms with Crippen molar-refractivity contribution in [3.05, 3.63) is 42.5 Å². The van der Waals surface area contributed by atoms with Gasteiger partial charge in [0, 0.05) is 18.9 Å². The van der Waals surface area contributed by atoms with Gasteiger partial charge in [0.2, 0.25) is 0 Å². The molecular formula is C17H23FN4O2. The Balaban J connectivity index is 2.05. The maximum absolute atomic E-state index is 13.5. The number of nitrogens with one attached hydrogen (secondary N) is 2. The number of rotatable bonds is 6. The van der Waals surface area contributed by atoms with Crippen LogP contribution >= 0.6 is 0 Å². The zero-order chi connectivity index (χ0) is 17.7. The predicted octanol–water partition coefficient (Wildman–Crippen LogP) is 2.93. The van der Waals surface area contributed by atoms with E-state index in [1.54, 1.807) is 36.1 Å². The second-order valence-corrected chi connectivity index (χ2v) is 6.64. The molecule has 6 nitrogen and oxygen atoms in total. The molecule has 3 N–H and O–H groups in total. The Morgan fingerprint density at radius 3 is 2.83 bits per heavy atom. The molecule has 2 rings (SSSR count). The number of aromatic nitrogens is 2. The van der Waals surface area contributed by atoms with Crippen molar-refractivity contribution in [2.45, 2.75) is 33.3 Å². The Kier molecular flexibility index (Phi) is 5.56. The zero-order valence-corrected chi connectivity index (χ0v) is 14.1. The molecule has 2 aromatic rings. The van der Waals surface area contributed by atoms with Crippen LogP contribution in [0.1, 0.15) is 27.2 Å². The Morgan fingerprint density at radius 2 is 2.21 bits per heavy atom. The average Bonchev–Trinajstić information content (AvgIpc) is 2.98. The minimum Gasteiger partial charge on any atom is -0.393 e. The number of amides is 2. The van der Waals surface area contributed by atoms with Crippen LogP contribution in [-0.2, 0) is 0 Å². The van der Waals surface area contributed by atoms with Crippen molar-refractivity contribution < 1.29 is 14.3 Å².